The van der Waals surface area contributed by atoms with Gasteiger partial charge < -0.3 is 20.2 Å². The number of halogens is 1. The molecule has 1 saturated heterocycles. The number of allylic oxidation sites excluding steroid dienone is 1. The molecule has 2 aromatic carbocycles. The number of fused-ring (bicyclic) bond motifs is 11. The van der Waals surface area contributed by atoms with E-state index >= 15 is 0 Å². The van der Waals surface area contributed by atoms with E-state index in [4.69, 9.17) is 21.4 Å². The largest absolute Gasteiger partial charge is 0.491 e. The lowest BCUT2D eigenvalue weighted by Gasteiger charge is -2.28. The van der Waals surface area contributed by atoms with Crippen molar-refractivity contribution >= 4 is 58.2 Å². The third-order valence-corrected chi connectivity index (χ3v) is 10.7. The van der Waals surface area contributed by atoms with E-state index in [0.29, 0.717) is 31.0 Å². The Bertz CT molecular complexity index is 1930. The van der Waals surface area contributed by atoms with Gasteiger partial charge in [0.05, 0.1) is 35.1 Å². The molecule has 252 valence electrons. The number of carboxylic acids is 1. The van der Waals surface area contributed by atoms with Gasteiger partial charge in [0, 0.05) is 66.4 Å². The summed E-state index contributed by atoms with van der Waals surface area (Å²) in [5.41, 5.74) is 7.94. The number of carbonyl (C=O) groups is 1. The highest BCUT2D eigenvalue weighted by molar-refractivity contribution is 7.98. The Morgan fingerprint density at radius 3 is 2.83 bits per heavy atom. The summed E-state index contributed by atoms with van der Waals surface area (Å²) in [5, 5.41) is 29.3. The van der Waals surface area contributed by atoms with Crippen molar-refractivity contribution < 1.29 is 14.6 Å². The number of carboxylic acid groups (broad SMARTS) is 1. The number of rotatable bonds is 3. The number of hydrogen-bond donors (Lipinski definition) is 2. The maximum absolute atomic E-state index is 13.2. The van der Waals surface area contributed by atoms with Gasteiger partial charge in [0.25, 0.3) is 0 Å². The molecule has 4 aromatic rings. The molecule has 3 aliphatic heterocycles. The van der Waals surface area contributed by atoms with Gasteiger partial charge in [-0.15, -0.1) is 11.8 Å². The molecule has 10 nitrogen and oxygen atoms in total. The minimum absolute atomic E-state index is 0.235. The van der Waals surface area contributed by atoms with Gasteiger partial charge in [-0.1, -0.05) is 17.7 Å². The van der Waals surface area contributed by atoms with Crippen LogP contribution in [-0.2, 0) is 32.2 Å². The first-order valence-corrected chi connectivity index (χ1v) is 18.1. The molecule has 2 N–H and O–H groups in total. The average Bonchev–Trinajstić information content (AvgIpc) is 3.60. The van der Waals surface area contributed by atoms with Crippen LogP contribution >= 0.6 is 23.4 Å². The Hall–Kier alpha value is -4.09. The highest BCUT2D eigenvalue weighted by Gasteiger charge is 2.28. The monoisotopic (exact) mass is 687 g/mol. The zero-order valence-electron chi connectivity index (χ0n) is 27.8. The summed E-state index contributed by atoms with van der Waals surface area (Å²) in [6.45, 7) is 4.55. The van der Waals surface area contributed by atoms with Crippen LogP contribution in [0.1, 0.15) is 77.6 Å². The van der Waals surface area contributed by atoms with E-state index in [1.807, 2.05) is 52.5 Å². The molecule has 6 bridgehead atoms. The number of hydrogen-bond acceptors (Lipinski definition) is 8. The fourth-order valence-corrected chi connectivity index (χ4v) is 8.42. The molecule has 2 aromatic heterocycles. The van der Waals surface area contributed by atoms with E-state index in [2.05, 4.69) is 34.7 Å². The molecule has 12 heteroatoms. The fourth-order valence-electron chi connectivity index (χ4n) is 7.21. The van der Waals surface area contributed by atoms with Gasteiger partial charge in [-0.2, -0.15) is 10.2 Å². The van der Waals surface area contributed by atoms with Crippen molar-refractivity contribution in [2.24, 2.45) is 12.1 Å². The lowest BCUT2D eigenvalue weighted by atomic mass is 10.0. The predicted octanol–water partition coefficient (Wildman–Crippen LogP) is 7.30. The molecule has 5 heterocycles. The molecule has 0 amide bonds. The summed E-state index contributed by atoms with van der Waals surface area (Å²) in [4.78, 5) is 14.4. The van der Waals surface area contributed by atoms with Gasteiger partial charge in [0.1, 0.15) is 5.75 Å². The van der Waals surface area contributed by atoms with Crippen molar-refractivity contribution in [1.82, 2.24) is 19.5 Å². The van der Waals surface area contributed by atoms with E-state index in [-0.39, 0.29) is 5.69 Å². The maximum Gasteiger partial charge on any atom is 0.354 e. The van der Waals surface area contributed by atoms with Crippen LogP contribution in [0.25, 0.3) is 17.0 Å². The molecule has 0 radical (unpaired) electrons. The molecule has 0 unspecified atom stereocenters. The summed E-state index contributed by atoms with van der Waals surface area (Å²) in [6.07, 6.45) is 10.2. The smallest absolute Gasteiger partial charge is 0.354 e. The van der Waals surface area contributed by atoms with Crippen molar-refractivity contribution in [1.29, 1.82) is 0 Å². The molecule has 0 atom stereocenters. The molecular weight excluding hydrogens is 646 g/mol. The fraction of sp³-hybridized carbons (Fsp3) is 0.417. The second-order valence-corrected chi connectivity index (χ2v) is 14.1. The molecule has 48 heavy (non-hydrogen) atoms. The first-order valence-electron chi connectivity index (χ1n) is 16.8. The quantitative estimate of drug-likeness (QED) is 0.217. The molecule has 0 spiro atoms. The zero-order chi connectivity index (χ0) is 33.4. The van der Waals surface area contributed by atoms with Gasteiger partial charge in [-0.3, -0.25) is 9.69 Å². The number of ether oxygens (including phenoxy) is 1. The minimum Gasteiger partial charge on any atom is -0.491 e. The van der Waals surface area contributed by atoms with Crippen LogP contribution in [0.3, 0.4) is 0 Å². The second-order valence-electron chi connectivity index (χ2n) is 12.7. The Morgan fingerprint density at radius 2 is 2.00 bits per heavy atom. The van der Waals surface area contributed by atoms with E-state index in [1.54, 1.807) is 18.0 Å². The van der Waals surface area contributed by atoms with Crippen LogP contribution in [0.15, 0.2) is 46.0 Å². The summed E-state index contributed by atoms with van der Waals surface area (Å²) in [5.74, 6) is 0.623. The van der Waals surface area contributed by atoms with Crippen LogP contribution in [0.4, 0.5) is 5.69 Å². The van der Waals surface area contributed by atoms with Crippen LogP contribution in [0.2, 0.25) is 5.02 Å². The molecule has 3 aliphatic rings. The number of benzene rings is 2. The predicted molar refractivity (Wildman–Crippen MR) is 194 cm³/mol. The number of thioether (sulfide) groups is 1. The number of anilines is 1. The lowest BCUT2D eigenvalue weighted by molar-refractivity contribution is 0.0683. The van der Waals surface area contributed by atoms with Gasteiger partial charge in [0.2, 0.25) is 0 Å². The van der Waals surface area contributed by atoms with Gasteiger partial charge in [0.15, 0.2) is 5.69 Å². The number of aromatic nitrogens is 3. The SMILES string of the molecule is C/C=N/N1CCCC/C1=C\c1c(Cl)ccc2c3c(C(=O)O)n(c12)N(C)Cc1cc(n(C)n1)CSc1cc2c(c(c1)OCCC3)NCCC2. The van der Waals surface area contributed by atoms with E-state index in [1.165, 1.54) is 10.5 Å². The van der Waals surface area contributed by atoms with Gasteiger partial charge >= 0.3 is 5.97 Å². The summed E-state index contributed by atoms with van der Waals surface area (Å²) >= 11 is 8.78. The van der Waals surface area contributed by atoms with Crippen molar-refractivity contribution in [3.8, 4) is 5.75 Å². The normalized spacial score (nSPS) is 18.1. The van der Waals surface area contributed by atoms with Crippen LogP contribution in [0.5, 0.6) is 5.75 Å². The van der Waals surface area contributed by atoms with Gasteiger partial charge in [-0.25, -0.2) is 9.47 Å². The van der Waals surface area contributed by atoms with Crippen LogP contribution < -0.4 is 15.1 Å². The highest BCUT2D eigenvalue weighted by Crippen LogP contribution is 2.40. The highest BCUT2D eigenvalue weighted by atomic mass is 35.5. The Labute approximate surface area is 290 Å². The van der Waals surface area contributed by atoms with E-state index in [0.717, 1.165) is 101 Å². The van der Waals surface area contributed by atoms with Crippen LogP contribution in [0, 0.1) is 0 Å². The first kappa shape index (κ1) is 32.5. The van der Waals surface area contributed by atoms with E-state index in [9.17, 15) is 9.90 Å². The van der Waals surface area contributed by atoms with Crippen LogP contribution in [-0.4, -0.2) is 63.5 Å². The number of aryl methyl sites for hydroxylation is 3. The second kappa shape index (κ2) is 13.8. The molecule has 0 saturated carbocycles. The lowest BCUT2D eigenvalue weighted by Crippen LogP contribution is -2.33. The number of hydrazone groups is 1. The molecule has 1 fully saturated rings. The Balaban J connectivity index is 1.38. The minimum atomic E-state index is -0.986. The average molecular weight is 688 g/mol. The number of nitrogens with one attached hydrogen (secondary N) is 1. The molecule has 7 rings (SSSR count). The molecule has 0 aliphatic carbocycles. The third-order valence-electron chi connectivity index (χ3n) is 9.41. The zero-order valence-corrected chi connectivity index (χ0v) is 29.3. The topological polar surface area (TPSA) is 100 Å². The Morgan fingerprint density at radius 1 is 1.12 bits per heavy atom. The maximum atomic E-state index is 13.2. The van der Waals surface area contributed by atoms with Crippen molar-refractivity contribution in [2.45, 2.75) is 69.1 Å². The third kappa shape index (κ3) is 6.25. The number of nitrogens with zero attached hydrogens (tertiary/aromatic N) is 6. The standard InChI is InChI=1S/C36H42ClN7O3S/c1-4-39-43-15-6-5-10-25(43)19-30-31(37)13-12-29-28-11-8-16-47-32-20-27(17-23-9-7-14-38-33(23)32)48-22-26-18-24(40-42(26)3)21-41(2)44(34(29)30)35(28)36(45)46/h4,12-13,17-20,38H,5-11,14-16,21-22H2,1-3H3,(H,45,46)/b25-19+,39-4+. The van der Waals surface area contributed by atoms with Crippen molar-refractivity contribution in [3.63, 3.8) is 0 Å². The first-order chi connectivity index (χ1) is 23.3. The number of piperidine rings is 1. The summed E-state index contributed by atoms with van der Waals surface area (Å²) in [6, 6.07) is 10.4. The van der Waals surface area contributed by atoms with Crippen molar-refractivity contribution in [3.05, 3.63) is 74.8 Å². The summed E-state index contributed by atoms with van der Waals surface area (Å²) < 4.78 is 10.2. The summed E-state index contributed by atoms with van der Waals surface area (Å²) in [7, 11) is 3.89. The molecular formula is C36H42ClN7O3S. The number of aromatic carboxylic acids is 1. The Kier molecular flexibility index (Phi) is 9.33. The van der Waals surface area contributed by atoms with Gasteiger partial charge in [-0.05, 0) is 93.3 Å². The van der Waals surface area contributed by atoms with Crippen molar-refractivity contribution in [2.75, 3.05) is 37.1 Å². The van der Waals surface area contributed by atoms with E-state index < -0.39 is 5.97 Å².